The van der Waals surface area contributed by atoms with E-state index in [0.717, 1.165) is 20.1 Å². The number of benzene rings is 1. The molecule has 0 saturated heterocycles. The highest BCUT2D eigenvalue weighted by Crippen LogP contribution is 2.35. The fourth-order valence-corrected chi connectivity index (χ4v) is 2.67. The van der Waals surface area contributed by atoms with E-state index in [4.69, 9.17) is 23.2 Å². The van der Waals surface area contributed by atoms with Crippen LogP contribution in [0.2, 0.25) is 10.0 Å². The summed E-state index contributed by atoms with van der Waals surface area (Å²) >= 11 is 13.7. The molecule has 0 aliphatic rings. The molecule has 0 amide bonds. The summed E-state index contributed by atoms with van der Waals surface area (Å²) in [7, 11) is 0. The van der Waals surface area contributed by atoms with Gasteiger partial charge in [-0.3, -0.25) is 0 Å². The summed E-state index contributed by atoms with van der Waals surface area (Å²) in [5.41, 5.74) is 0. The van der Waals surface area contributed by atoms with Crippen molar-refractivity contribution in [2.24, 2.45) is 0 Å². The van der Waals surface area contributed by atoms with Gasteiger partial charge in [-0.2, -0.15) is 0 Å². The Kier molecular flexibility index (Phi) is 2.03. The van der Waals surface area contributed by atoms with Crippen LogP contribution in [-0.2, 0) is 0 Å². The Morgan fingerprint density at radius 2 is 1.83 bits per heavy atom. The van der Waals surface area contributed by atoms with Crippen LogP contribution >= 0.6 is 34.5 Å². The number of fused-ring (bicyclic) bond motifs is 1. The van der Waals surface area contributed by atoms with Gasteiger partial charge in [-0.15, -0.1) is 11.3 Å². The highest BCUT2D eigenvalue weighted by molar-refractivity contribution is 7.19. The highest BCUT2D eigenvalue weighted by atomic mass is 35.5. The van der Waals surface area contributed by atoms with Crippen LogP contribution < -0.4 is 0 Å². The van der Waals surface area contributed by atoms with Gasteiger partial charge in [0, 0.05) is 15.3 Å². The summed E-state index contributed by atoms with van der Waals surface area (Å²) in [5.74, 6) is 0. The lowest BCUT2D eigenvalue weighted by Crippen LogP contribution is -1.66. The number of hydrogen-bond acceptors (Lipinski definition) is 1. The van der Waals surface area contributed by atoms with Gasteiger partial charge in [0.2, 0.25) is 0 Å². The zero-order valence-electron chi connectivity index (χ0n) is 6.40. The SMILES string of the molecule is Cc1cc2c(Cl)ccc(Cl)c2s1. The predicted molar refractivity (Wildman–Crippen MR) is 56.6 cm³/mol. The largest absolute Gasteiger partial charge is 0.139 e. The van der Waals surface area contributed by atoms with Gasteiger partial charge in [0.15, 0.2) is 0 Å². The van der Waals surface area contributed by atoms with Crippen LogP contribution in [0.15, 0.2) is 18.2 Å². The molecule has 2 aromatic rings. The van der Waals surface area contributed by atoms with Crippen LogP contribution in [0, 0.1) is 6.92 Å². The number of thiophene rings is 1. The van der Waals surface area contributed by atoms with Crippen molar-refractivity contribution < 1.29 is 0 Å². The summed E-state index contributed by atoms with van der Waals surface area (Å²) in [6.45, 7) is 2.05. The molecule has 1 heterocycles. The normalized spacial score (nSPS) is 10.9. The molecule has 3 heteroatoms. The third-order valence-corrected chi connectivity index (χ3v) is 3.55. The van der Waals surface area contributed by atoms with E-state index >= 15 is 0 Å². The maximum Gasteiger partial charge on any atom is 0.0585 e. The van der Waals surface area contributed by atoms with Gasteiger partial charge in [-0.05, 0) is 25.1 Å². The zero-order chi connectivity index (χ0) is 8.72. The monoisotopic (exact) mass is 216 g/mol. The third kappa shape index (κ3) is 1.22. The molecule has 0 aliphatic heterocycles. The molecular weight excluding hydrogens is 211 g/mol. The van der Waals surface area contributed by atoms with Gasteiger partial charge < -0.3 is 0 Å². The van der Waals surface area contributed by atoms with Crippen molar-refractivity contribution in [3.8, 4) is 0 Å². The number of aryl methyl sites for hydroxylation is 1. The standard InChI is InChI=1S/C9H6Cl2S/c1-5-4-6-7(10)2-3-8(11)9(6)12-5/h2-4H,1H3. The minimum absolute atomic E-state index is 0.777. The number of rotatable bonds is 0. The van der Waals surface area contributed by atoms with E-state index in [1.807, 2.05) is 12.1 Å². The Morgan fingerprint density at radius 3 is 2.50 bits per heavy atom. The van der Waals surface area contributed by atoms with Crippen LogP contribution in [0.5, 0.6) is 0 Å². The minimum atomic E-state index is 0.777. The predicted octanol–water partition coefficient (Wildman–Crippen LogP) is 4.52. The summed E-state index contributed by atoms with van der Waals surface area (Å²) in [6.07, 6.45) is 0. The molecule has 0 spiro atoms. The quantitative estimate of drug-likeness (QED) is 0.608. The summed E-state index contributed by atoms with van der Waals surface area (Å²) in [5, 5.41) is 2.62. The summed E-state index contributed by atoms with van der Waals surface area (Å²) in [4.78, 5) is 1.24. The van der Waals surface area contributed by atoms with Crippen LogP contribution in [0.1, 0.15) is 4.88 Å². The molecule has 0 atom stereocenters. The lowest BCUT2D eigenvalue weighted by atomic mass is 10.2. The second-order valence-electron chi connectivity index (χ2n) is 2.63. The maximum atomic E-state index is 5.99. The van der Waals surface area contributed by atoms with E-state index in [-0.39, 0.29) is 0 Å². The Balaban J connectivity index is 2.93. The molecular formula is C9H6Cl2S. The van der Waals surface area contributed by atoms with Crippen LogP contribution in [-0.4, -0.2) is 0 Å². The van der Waals surface area contributed by atoms with Crippen LogP contribution in [0.4, 0.5) is 0 Å². The molecule has 0 radical (unpaired) electrons. The van der Waals surface area contributed by atoms with Crippen molar-refractivity contribution in [1.29, 1.82) is 0 Å². The second-order valence-corrected chi connectivity index (χ2v) is 4.70. The Bertz CT molecular complexity index is 392. The van der Waals surface area contributed by atoms with Crippen molar-refractivity contribution in [1.82, 2.24) is 0 Å². The first kappa shape index (κ1) is 8.36. The molecule has 0 bridgehead atoms. The Hall–Kier alpha value is -0.240. The first-order chi connectivity index (χ1) is 5.68. The van der Waals surface area contributed by atoms with Crippen molar-refractivity contribution >= 4 is 44.6 Å². The van der Waals surface area contributed by atoms with Crippen molar-refractivity contribution in [2.75, 3.05) is 0 Å². The van der Waals surface area contributed by atoms with E-state index in [9.17, 15) is 0 Å². The molecule has 0 saturated carbocycles. The average Bonchev–Trinajstić information content (AvgIpc) is 2.41. The van der Waals surface area contributed by atoms with Gasteiger partial charge >= 0.3 is 0 Å². The molecule has 2 rings (SSSR count). The first-order valence-electron chi connectivity index (χ1n) is 3.52. The topological polar surface area (TPSA) is 0 Å². The van der Waals surface area contributed by atoms with Gasteiger partial charge in [0.05, 0.1) is 9.72 Å². The van der Waals surface area contributed by atoms with Gasteiger partial charge in [0.25, 0.3) is 0 Å². The summed E-state index contributed by atoms with van der Waals surface area (Å²) < 4.78 is 1.08. The third-order valence-electron chi connectivity index (χ3n) is 1.71. The fraction of sp³-hybridized carbons (Fsp3) is 0.111. The molecule has 62 valence electrons. The second kappa shape index (κ2) is 2.91. The fourth-order valence-electron chi connectivity index (χ4n) is 1.18. The number of hydrogen-bond donors (Lipinski definition) is 0. The molecule has 0 unspecified atom stereocenters. The van der Waals surface area contributed by atoms with E-state index < -0.39 is 0 Å². The molecule has 12 heavy (non-hydrogen) atoms. The molecule has 0 N–H and O–H groups in total. The van der Waals surface area contributed by atoms with Crippen molar-refractivity contribution in [3.63, 3.8) is 0 Å². The van der Waals surface area contributed by atoms with E-state index in [1.54, 1.807) is 11.3 Å². The van der Waals surface area contributed by atoms with Gasteiger partial charge in [0.1, 0.15) is 0 Å². The van der Waals surface area contributed by atoms with E-state index in [0.29, 0.717) is 0 Å². The van der Waals surface area contributed by atoms with Crippen LogP contribution in [0.3, 0.4) is 0 Å². The Morgan fingerprint density at radius 1 is 1.17 bits per heavy atom. The highest BCUT2D eigenvalue weighted by Gasteiger charge is 2.05. The average molecular weight is 217 g/mol. The molecule has 1 aromatic carbocycles. The lowest BCUT2D eigenvalue weighted by molar-refractivity contribution is 1.65. The van der Waals surface area contributed by atoms with E-state index in [2.05, 4.69) is 13.0 Å². The van der Waals surface area contributed by atoms with Gasteiger partial charge in [-0.1, -0.05) is 23.2 Å². The maximum absolute atomic E-state index is 5.99. The smallest absolute Gasteiger partial charge is 0.0585 e. The molecule has 0 aliphatic carbocycles. The van der Waals surface area contributed by atoms with Crippen molar-refractivity contribution in [2.45, 2.75) is 6.92 Å². The molecule has 0 fully saturated rings. The van der Waals surface area contributed by atoms with E-state index in [1.165, 1.54) is 4.88 Å². The van der Waals surface area contributed by atoms with Crippen LogP contribution in [0.25, 0.3) is 10.1 Å². The number of halogens is 2. The zero-order valence-corrected chi connectivity index (χ0v) is 8.72. The van der Waals surface area contributed by atoms with Crippen molar-refractivity contribution in [3.05, 3.63) is 33.1 Å². The summed E-state index contributed by atoms with van der Waals surface area (Å²) in [6, 6.07) is 5.73. The molecule has 0 nitrogen and oxygen atoms in total. The first-order valence-corrected chi connectivity index (χ1v) is 5.10. The lowest BCUT2D eigenvalue weighted by Gasteiger charge is -1.94. The molecule has 1 aromatic heterocycles. The van der Waals surface area contributed by atoms with Gasteiger partial charge in [-0.25, -0.2) is 0 Å². The minimum Gasteiger partial charge on any atom is -0.139 e. The Labute approximate surface area is 84.7 Å².